The number of anilines is 1. The topological polar surface area (TPSA) is 24.1 Å². The van der Waals surface area contributed by atoms with E-state index in [9.17, 15) is 0 Å². The third-order valence-electron chi connectivity index (χ3n) is 2.55. The van der Waals surface area contributed by atoms with Gasteiger partial charge in [0.15, 0.2) is 0 Å². The molecule has 0 aliphatic carbocycles. The molecular formula is C12H20Cl2N2. The maximum absolute atomic E-state index is 3.43. The van der Waals surface area contributed by atoms with Crippen LogP contribution >= 0.6 is 24.8 Å². The van der Waals surface area contributed by atoms with E-state index in [1.54, 1.807) is 0 Å². The third kappa shape index (κ3) is 3.85. The molecule has 0 fully saturated rings. The van der Waals surface area contributed by atoms with Gasteiger partial charge in [-0.3, -0.25) is 0 Å². The first-order valence-electron chi connectivity index (χ1n) is 5.35. The summed E-state index contributed by atoms with van der Waals surface area (Å²) in [5.41, 5.74) is 4.20. The summed E-state index contributed by atoms with van der Waals surface area (Å²) in [6, 6.07) is 7.20. The van der Waals surface area contributed by atoms with E-state index >= 15 is 0 Å². The van der Waals surface area contributed by atoms with Gasteiger partial charge in [-0.15, -0.1) is 24.8 Å². The second-order valence-electron chi connectivity index (χ2n) is 4.21. The molecule has 0 aromatic heterocycles. The Hall–Kier alpha value is -0.440. The summed E-state index contributed by atoms with van der Waals surface area (Å²) in [5.74, 6) is 0. The second-order valence-corrected chi connectivity index (χ2v) is 4.21. The standard InChI is InChI=1S/C12H18N2.2ClH/c1-9(2)14-12-4-3-11-8-13-6-5-10(11)7-12;;/h3-4,7,9,13-14H,5-6,8H2,1-2H3;2*1H. The average molecular weight is 263 g/mol. The smallest absolute Gasteiger partial charge is 0.0345 e. The zero-order valence-electron chi connectivity index (χ0n) is 9.75. The highest BCUT2D eigenvalue weighted by Crippen LogP contribution is 2.19. The lowest BCUT2D eigenvalue weighted by atomic mass is 10.0. The molecule has 0 atom stereocenters. The maximum atomic E-state index is 3.43. The van der Waals surface area contributed by atoms with Crippen molar-refractivity contribution < 1.29 is 0 Å². The van der Waals surface area contributed by atoms with Gasteiger partial charge in [-0.1, -0.05) is 6.07 Å². The summed E-state index contributed by atoms with van der Waals surface area (Å²) in [6.07, 6.45) is 1.16. The Morgan fingerprint density at radius 2 is 1.94 bits per heavy atom. The van der Waals surface area contributed by atoms with Crippen LogP contribution in [0.3, 0.4) is 0 Å². The van der Waals surface area contributed by atoms with E-state index in [4.69, 9.17) is 0 Å². The van der Waals surface area contributed by atoms with Gasteiger partial charge in [0.05, 0.1) is 0 Å². The predicted molar refractivity (Wildman–Crippen MR) is 75.1 cm³/mol. The van der Waals surface area contributed by atoms with E-state index < -0.39 is 0 Å². The van der Waals surface area contributed by atoms with Crippen molar-refractivity contribution in [2.24, 2.45) is 0 Å². The van der Waals surface area contributed by atoms with Crippen LogP contribution in [-0.4, -0.2) is 12.6 Å². The van der Waals surface area contributed by atoms with Crippen molar-refractivity contribution in [1.29, 1.82) is 0 Å². The number of nitrogens with one attached hydrogen (secondary N) is 2. The molecular weight excluding hydrogens is 243 g/mol. The van der Waals surface area contributed by atoms with Crippen molar-refractivity contribution in [3.05, 3.63) is 29.3 Å². The minimum atomic E-state index is 0. The first-order valence-corrected chi connectivity index (χ1v) is 5.35. The highest BCUT2D eigenvalue weighted by atomic mass is 35.5. The number of fused-ring (bicyclic) bond motifs is 1. The number of halogens is 2. The van der Waals surface area contributed by atoms with E-state index in [1.807, 2.05) is 0 Å². The van der Waals surface area contributed by atoms with Gasteiger partial charge in [0.1, 0.15) is 0 Å². The molecule has 0 amide bonds. The molecule has 0 saturated carbocycles. The summed E-state index contributed by atoms with van der Waals surface area (Å²) in [6.45, 7) is 6.47. The van der Waals surface area contributed by atoms with Gasteiger partial charge >= 0.3 is 0 Å². The average Bonchev–Trinajstić information content (AvgIpc) is 2.17. The molecule has 92 valence electrons. The Labute approximate surface area is 110 Å². The molecule has 1 aromatic carbocycles. The van der Waals surface area contributed by atoms with E-state index in [-0.39, 0.29) is 24.8 Å². The molecule has 2 nitrogen and oxygen atoms in total. The van der Waals surface area contributed by atoms with Crippen LogP contribution in [0.5, 0.6) is 0 Å². The summed E-state index contributed by atoms with van der Waals surface area (Å²) < 4.78 is 0. The maximum Gasteiger partial charge on any atom is 0.0345 e. The summed E-state index contributed by atoms with van der Waals surface area (Å²) >= 11 is 0. The van der Waals surface area contributed by atoms with Gasteiger partial charge in [0.2, 0.25) is 0 Å². The van der Waals surface area contributed by atoms with Crippen molar-refractivity contribution in [3.63, 3.8) is 0 Å². The molecule has 16 heavy (non-hydrogen) atoms. The van der Waals surface area contributed by atoms with Crippen LogP contribution in [0.4, 0.5) is 5.69 Å². The predicted octanol–water partition coefficient (Wildman–Crippen LogP) is 3.00. The first kappa shape index (κ1) is 15.6. The largest absolute Gasteiger partial charge is 0.383 e. The lowest BCUT2D eigenvalue weighted by Gasteiger charge is -2.19. The summed E-state index contributed by atoms with van der Waals surface area (Å²) in [4.78, 5) is 0. The number of rotatable bonds is 2. The first-order chi connectivity index (χ1) is 6.75. The van der Waals surface area contributed by atoms with Crippen LogP contribution < -0.4 is 10.6 Å². The molecule has 4 heteroatoms. The van der Waals surface area contributed by atoms with E-state index in [0.717, 1.165) is 19.5 Å². The molecule has 0 unspecified atom stereocenters. The zero-order valence-corrected chi connectivity index (χ0v) is 11.4. The lowest BCUT2D eigenvalue weighted by Crippen LogP contribution is -2.23. The van der Waals surface area contributed by atoms with Crippen LogP contribution in [-0.2, 0) is 13.0 Å². The fourth-order valence-corrected chi connectivity index (χ4v) is 1.90. The summed E-state index contributed by atoms with van der Waals surface area (Å²) in [5, 5.41) is 6.82. The quantitative estimate of drug-likeness (QED) is 0.857. The highest BCUT2D eigenvalue weighted by Gasteiger charge is 2.08. The Morgan fingerprint density at radius 1 is 1.19 bits per heavy atom. The van der Waals surface area contributed by atoms with Crippen LogP contribution in [0.25, 0.3) is 0 Å². The van der Waals surface area contributed by atoms with Crippen LogP contribution in [0.15, 0.2) is 18.2 Å². The van der Waals surface area contributed by atoms with Gasteiger partial charge in [-0.2, -0.15) is 0 Å². The molecule has 0 spiro atoms. The zero-order chi connectivity index (χ0) is 9.97. The van der Waals surface area contributed by atoms with Crippen molar-refractivity contribution in [2.45, 2.75) is 32.9 Å². The number of hydrogen-bond donors (Lipinski definition) is 2. The van der Waals surface area contributed by atoms with Crippen molar-refractivity contribution in [2.75, 3.05) is 11.9 Å². The summed E-state index contributed by atoms with van der Waals surface area (Å²) in [7, 11) is 0. The molecule has 1 aliphatic heterocycles. The van der Waals surface area contributed by atoms with Crippen LogP contribution in [0, 0.1) is 0 Å². The van der Waals surface area contributed by atoms with Crippen LogP contribution in [0.2, 0.25) is 0 Å². The molecule has 1 heterocycles. The second kappa shape index (κ2) is 7.00. The van der Waals surface area contributed by atoms with Gasteiger partial charge in [-0.25, -0.2) is 0 Å². The Kier molecular flexibility index (Phi) is 6.81. The molecule has 2 N–H and O–H groups in total. The molecule has 0 bridgehead atoms. The van der Waals surface area contributed by atoms with Crippen molar-refractivity contribution >= 4 is 30.5 Å². The van der Waals surface area contributed by atoms with E-state index in [1.165, 1.54) is 16.8 Å². The SMILES string of the molecule is CC(C)Nc1ccc2c(c1)CCNC2.Cl.Cl. The fourth-order valence-electron chi connectivity index (χ4n) is 1.90. The minimum Gasteiger partial charge on any atom is -0.383 e. The molecule has 1 aliphatic rings. The molecule has 0 saturated heterocycles. The minimum absolute atomic E-state index is 0. The monoisotopic (exact) mass is 262 g/mol. The normalized spacial score (nSPS) is 13.4. The number of hydrogen-bond acceptors (Lipinski definition) is 2. The third-order valence-corrected chi connectivity index (χ3v) is 2.55. The van der Waals surface area contributed by atoms with Gasteiger partial charge in [0, 0.05) is 18.3 Å². The van der Waals surface area contributed by atoms with Gasteiger partial charge in [-0.05, 0) is 50.1 Å². The van der Waals surface area contributed by atoms with Crippen molar-refractivity contribution in [1.82, 2.24) is 5.32 Å². The molecule has 2 rings (SSSR count). The van der Waals surface area contributed by atoms with Gasteiger partial charge < -0.3 is 10.6 Å². The van der Waals surface area contributed by atoms with Crippen molar-refractivity contribution in [3.8, 4) is 0 Å². The lowest BCUT2D eigenvalue weighted by molar-refractivity contribution is 0.644. The highest BCUT2D eigenvalue weighted by molar-refractivity contribution is 5.85. The van der Waals surface area contributed by atoms with Crippen LogP contribution in [0.1, 0.15) is 25.0 Å². The fraction of sp³-hybridized carbons (Fsp3) is 0.500. The number of benzene rings is 1. The molecule has 1 aromatic rings. The Bertz CT molecular complexity index is 327. The Morgan fingerprint density at radius 3 is 2.62 bits per heavy atom. The van der Waals surface area contributed by atoms with E-state index in [2.05, 4.69) is 42.7 Å². The van der Waals surface area contributed by atoms with Gasteiger partial charge in [0.25, 0.3) is 0 Å². The molecule has 0 radical (unpaired) electrons. The van der Waals surface area contributed by atoms with E-state index in [0.29, 0.717) is 6.04 Å². The Balaban J connectivity index is 0.00000112.